The van der Waals surface area contributed by atoms with Crippen LogP contribution in [-0.4, -0.2) is 50.2 Å². The van der Waals surface area contributed by atoms with Crippen molar-refractivity contribution in [1.29, 1.82) is 0 Å². The summed E-state index contributed by atoms with van der Waals surface area (Å²) in [5.74, 6) is 0.0598. The number of amides is 1. The smallest absolute Gasteiger partial charge is 0.256 e. The molecule has 1 fully saturated rings. The molecule has 1 aromatic rings. The molecule has 2 heterocycles. The van der Waals surface area contributed by atoms with Crippen LogP contribution in [0.1, 0.15) is 23.2 Å². The highest BCUT2D eigenvalue weighted by Crippen LogP contribution is 2.32. The number of ether oxygens (including phenoxy) is 1. The third-order valence-corrected chi connectivity index (χ3v) is 5.68. The van der Waals surface area contributed by atoms with Crippen molar-refractivity contribution in [3.63, 3.8) is 0 Å². The zero-order chi connectivity index (χ0) is 14.5. The van der Waals surface area contributed by atoms with Gasteiger partial charge in [0.05, 0.1) is 19.7 Å². The van der Waals surface area contributed by atoms with Crippen LogP contribution in [0.25, 0.3) is 0 Å². The number of rotatable bonds is 6. The van der Waals surface area contributed by atoms with E-state index < -0.39 is 0 Å². The highest BCUT2D eigenvalue weighted by atomic mass is 79.9. The monoisotopic (exact) mass is 424 g/mol. The topological polar surface area (TPSA) is 41.6 Å². The standard InChI is InChI=1S/C13H18Br2N2O2S/c1-19-6-5-17(8-9-3-2-4-16-9)13(18)10-7-11(14)20-12(10)15/h7,9,16H,2-6,8H2,1H3. The first-order valence-corrected chi connectivity index (χ1v) is 8.98. The van der Waals surface area contributed by atoms with Crippen molar-refractivity contribution < 1.29 is 9.53 Å². The molecule has 4 nitrogen and oxygen atoms in total. The van der Waals surface area contributed by atoms with Crippen molar-refractivity contribution in [2.24, 2.45) is 0 Å². The number of carbonyl (C=O) groups excluding carboxylic acids is 1. The van der Waals surface area contributed by atoms with E-state index in [-0.39, 0.29) is 5.91 Å². The Bertz CT molecular complexity index is 461. The van der Waals surface area contributed by atoms with Crippen LogP contribution in [-0.2, 0) is 4.74 Å². The molecule has 1 aromatic heterocycles. The number of methoxy groups -OCH3 is 1. The fourth-order valence-corrected chi connectivity index (χ4v) is 5.09. The maximum atomic E-state index is 12.7. The van der Waals surface area contributed by atoms with Crippen LogP contribution in [0.4, 0.5) is 0 Å². The largest absolute Gasteiger partial charge is 0.383 e. The number of nitrogens with zero attached hydrogens (tertiary/aromatic N) is 1. The normalized spacial score (nSPS) is 18.4. The molecule has 0 aliphatic carbocycles. The summed E-state index contributed by atoms with van der Waals surface area (Å²) < 4.78 is 6.95. The van der Waals surface area contributed by atoms with Crippen molar-refractivity contribution in [2.75, 3.05) is 33.4 Å². The van der Waals surface area contributed by atoms with Gasteiger partial charge in [0.1, 0.15) is 0 Å². The van der Waals surface area contributed by atoms with E-state index in [9.17, 15) is 4.79 Å². The van der Waals surface area contributed by atoms with Crippen molar-refractivity contribution in [3.05, 3.63) is 19.2 Å². The van der Waals surface area contributed by atoms with Crippen LogP contribution in [0.15, 0.2) is 13.6 Å². The molecular weight excluding hydrogens is 408 g/mol. The molecule has 1 amide bonds. The van der Waals surface area contributed by atoms with Gasteiger partial charge in [-0.15, -0.1) is 11.3 Å². The van der Waals surface area contributed by atoms with E-state index in [1.807, 2.05) is 11.0 Å². The van der Waals surface area contributed by atoms with Crippen molar-refractivity contribution in [3.8, 4) is 0 Å². The summed E-state index contributed by atoms with van der Waals surface area (Å²) in [5, 5.41) is 3.44. The molecule has 0 radical (unpaired) electrons. The lowest BCUT2D eigenvalue weighted by Crippen LogP contribution is -2.42. The predicted octanol–water partition coefficient (Wildman–Crippen LogP) is 3.11. The molecule has 0 spiro atoms. The molecule has 0 aromatic carbocycles. The highest BCUT2D eigenvalue weighted by Gasteiger charge is 2.24. The maximum absolute atomic E-state index is 12.7. The number of carbonyl (C=O) groups is 1. The Hall–Kier alpha value is 0.0500. The summed E-state index contributed by atoms with van der Waals surface area (Å²) in [7, 11) is 1.66. The van der Waals surface area contributed by atoms with Crippen LogP contribution in [0.3, 0.4) is 0 Å². The minimum atomic E-state index is 0.0598. The SMILES string of the molecule is COCCN(CC1CCCN1)C(=O)c1cc(Br)sc1Br. The van der Waals surface area contributed by atoms with Gasteiger partial charge in [0.15, 0.2) is 0 Å². The predicted molar refractivity (Wildman–Crippen MR) is 88.5 cm³/mol. The Labute approximate surface area is 140 Å². The maximum Gasteiger partial charge on any atom is 0.256 e. The summed E-state index contributed by atoms with van der Waals surface area (Å²) >= 11 is 8.40. The zero-order valence-corrected chi connectivity index (χ0v) is 15.3. The average molecular weight is 426 g/mol. The Kier molecular flexibility index (Phi) is 6.48. The first-order valence-electron chi connectivity index (χ1n) is 6.58. The van der Waals surface area contributed by atoms with Gasteiger partial charge in [-0.25, -0.2) is 0 Å². The van der Waals surface area contributed by atoms with Crippen LogP contribution in [0, 0.1) is 0 Å². The summed E-state index contributed by atoms with van der Waals surface area (Å²) in [6.07, 6.45) is 2.32. The number of halogens is 2. The van der Waals surface area contributed by atoms with Gasteiger partial charge >= 0.3 is 0 Å². The third-order valence-electron chi connectivity index (χ3n) is 3.34. The van der Waals surface area contributed by atoms with E-state index >= 15 is 0 Å². The molecule has 7 heteroatoms. The van der Waals surface area contributed by atoms with Gasteiger partial charge in [0.2, 0.25) is 0 Å². The average Bonchev–Trinajstić information content (AvgIpc) is 3.03. The van der Waals surface area contributed by atoms with Gasteiger partial charge in [-0.05, 0) is 57.3 Å². The van der Waals surface area contributed by atoms with Gasteiger partial charge in [-0.1, -0.05) is 0 Å². The van der Waals surface area contributed by atoms with Crippen LogP contribution < -0.4 is 5.32 Å². The molecule has 1 unspecified atom stereocenters. The van der Waals surface area contributed by atoms with Gasteiger partial charge in [0.25, 0.3) is 5.91 Å². The zero-order valence-electron chi connectivity index (χ0n) is 11.3. The van der Waals surface area contributed by atoms with Gasteiger partial charge < -0.3 is 15.0 Å². The van der Waals surface area contributed by atoms with Crippen molar-refractivity contribution >= 4 is 49.1 Å². The summed E-state index contributed by atoms with van der Waals surface area (Å²) in [6, 6.07) is 2.27. The van der Waals surface area contributed by atoms with Gasteiger partial charge in [0, 0.05) is 26.2 Å². The minimum Gasteiger partial charge on any atom is -0.383 e. The Balaban J connectivity index is 2.07. The fraction of sp³-hybridized carbons (Fsp3) is 0.615. The number of hydrogen-bond acceptors (Lipinski definition) is 4. The van der Waals surface area contributed by atoms with E-state index in [0.717, 1.165) is 32.6 Å². The van der Waals surface area contributed by atoms with Crippen molar-refractivity contribution in [1.82, 2.24) is 10.2 Å². The molecule has 1 atom stereocenters. The summed E-state index contributed by atoms with van der Waals surface area (Å²) in [4.78, 5) is 14.6. The van der Waals surface area contributed by atoms with Gasteiger partial charge in [-0.2, -0.15) is 0 Å². The molecule has 0 bridgehead atoms. The van der Waals surface area contributed by atoms with E-state index in [4.69, 9.17) is 4.74 Å². The van der Waals surface area contributed by atoms with E-state index in [2.05, 4.69) is 37.2 Å². The summed E-state index contributed by atoms with van der Waals surface area (Å²) in [6.45, 7) is 2.96. The molecule has 1 N–H and O–H groups in total. The molecule has 1 aliphatic heterocycles. The highest BCUT2D eigenvalue weighted by molar-refractivity contribution is 9.12. The van der Waals surface area contributed by atoms with E-state index in [0.29, 0.717) is 19.2 Å². The Morgan fingerprint density at radius 3 is 2.95 bits per heavy atom. The fourth-order valence-electron chi connectivity index (χ4n) is 2.31. The first-order chi connectivity index (χ1) is 9.61. The number of hydrogen-bond donors (Lipinski definition) is 1. The molecule has 1 saturated heterocycles. The lowest BCUT2D eigenvalue weighted by atomic mass is 10.2. The lowest BCUT2D eigenvalue weighted by Gasteiger charge is -2.25. The van der Waals surface area contributed by atoms with E-state index in [1.165, 1.54) is 17.8 Å². The quantitative estimate of drug-likeness (QED) is 0.761. The molecule has 1 aliphatic rings. The second-order valence-corrected chi connectivity index (χ2v) is 8.52. The number of nitrogens with one attached hydrogen (secondary N) is 1. The van der Waals surface area contributed by atoms with Gasteiger partial charge in [-0.3, -0.25) is 4.79 Å². The molecule has 112 valence electrons. The summed E-state index contributed by atoms with van der Waals surface area (Å²) in [5.41, 5.74) is 0.718. The minimum absolute atomic E-state index is 0.0598. The first kappa shape index (κ1) is 16.4. The second kappa shape index (κ2) is 7.89. The van der Waals surface area contributed by atoms with E-state index in [1.54, 1.807) is 7.11 Å². The van der Waals surface area contributed by atoms with Crippen molar-refractivity contribution in [2.45, 2.75) is 18.9 Å². The second-order valence-electron chi connectivity index (χ2n) is 4.78. The van der Waals surface area contributed by atoms with Crippen LogP contribution in [0.5, 0.6) is 0 Å². The molecular formula is C13H18Br2N2O2S. The molecule has 20 heavy (non-hydrogen) atoms. The third kappa shape index (κ3) is 4.27. The Morgan fingerprint density at radius 1 is 1.60 bits per heavy atom. The molecule has 2 rings (SSSR count). The lowest BCUT2D eigenvalue weighted by molar-refractivity contribution is 0.0679. The number of thiophene rings is 1. The Morgan fingerprint density at radius 2 is 2.40 bits per heavy atom. The molecule has 0 saturated carbocycles. The van der Waals surface area contributed by atoms with Crippen LogP contribution in [0.2, 0.25) is 0 Å². The van der Waals surface area contributed by atoms with Crippen LogP contribution >= 0.6 is 43.2 Å².